The predicted octanol–water partition coefficient (Wildman–Crippen LogP) is 4.31. The molecule has 2 aliphatic rings. The van der Waals surface area contributed by atoms with Gasteiger partial charge in [-0.15, -0.1) is 11.8 Å². The first-order valence-electron chi connectivity index (χ1n) is 9.82. The maximum Gasteiger partial charge on any atom is 0.269 e. The number of rotatable bonds is 4. The minimum Gasteiger partial charge on any atom is -0.497 e. The molecule has 0 bridgehead atoms. The summed E-state index contributed by atoms with van der Waals surface area (Å²) in [7, 11) is 1.56. The quantitative estimate of drug-likeness (QED) is 0.614. The molecular weight excluding hydrogens is 415 g/mol. The van der Waals surface area contributed by atoms with Crippen LogP contribution in [0.5, 0.6) is 5.75 Å². The SMILES string of the molecule is COc1cccc(N2C(=O)CS[C@]23C(=O)N(Cc2ccccc2F)c2ccccc23)c1. The number of nitrogens with zero attached hydrogens (tertiary/aromatic N) is 2. The summed E-state index contributed by atoms with van der Waals surface area (Å²) in [5.41, 5.74) is 2.43. The van der Waals surface area contributed by atoms with Gasteiger partial charge in [0.15, 0.2) is 0 Å². The first-order chi connectivity index (χ1) is 15.1. The lowest BCUT2D eigenvalue weighted by molar-refractivity contribution is -0.123. The van der Waals surface area contributed by atoms with Crippen LogP contribution >= 0.6 is 11.8 Å². The summed E-state index contributed by atoms with van der Waals surface area (Å²) < 4.78 is 19.7. The standard InChI is InChI=1S/C24H19FN2O3S/c1-30-18-9-6-8-17(13-18)27-22(28)15-31-24(27)19-10-3-5-12-21(19)26(23(24)29)14-16-7-2-4-11-20(16)25/h2-13H,14-15H2,1H3/t24-/m1/s1. The lowest BCUT2D eigenvalue weighted by Gasteiger charge is -2.33. The topological polar surface area (TPSA) is 49.9 Å². The Balaban J connectivity index is 1.65. The number of benzene rings is 3. The van der Waals surface area contributed by atoms with Crippen LogP contribution in [0.3, 0.4) is 0 Å². The number of methoxy groups -OCH3 is 1. The van der Waals surface area contributed by atoms with Gasteiger partial charge in [0, 0.05) is 22.9 Å². The Morgan fingerprint density at radius 1 is 1.03 bits per heavy atom. The summed E-state index contributed by atoms with van der Waals surface area (Å²) in [6.45, 7) is 0.0883. The van der Waals surface area contributed by atoms with Gasteiger partial charge in [0.2, 0.25) is 10.8 Å². The third-order valence-corrected chi connectivity index (χ3v) is 7.05. The molecule has 0 N–H and O–H groups in total. The molecule has 5 rings (SSSR count). The smallest absolute Gasteiger partial charge is 0.269 e. The molecule has 0 unspecified atom stereocenters. The fraction of sp³-hybridized carbons (Fsp3) is 0.167. The first kappa shape index (κ1) is 19.6. The van der Waals surface area contributed by atoms with Crippen LogP contribution < -0.4 is 14.5 Å². The number of amides is 2. The van der Waals surface area contributed by atoms with Crippen molar-refractivity contribution in [3.8, 4) is 5.75 Å². The number of para-hydroxylation sites is 1. The summed E-state index contributed by atoms with van der Waals surface area (Å²) >= 11 is 1.30. The Bertz CT molecular complexity index is 1200. The molecule has 2 aliphatic heterocycles. The van der Waals surface area contributed by atoms with E-state index < -0.39 is 4.87 Å². The second kappa shape index (κ2) is 7.42. The third-order valence-electron chi connectivity index (χ3n) is 5.66. The van der Waals surface area contributed by atoms with Gasteiger partial charge in [0.25, 0.3) is 5.91 Å². The Morgan fingerprint density at radius 2 is 1.81 bits per heavy atom. The third kappa shape index (κ3) is 2.91. The molecule has 2 heterocycles. The average molecular weight is 434 g/mol. The normalized spacial score (nSPS) is 19.9. The van der Waals surface area contributed by atoms with E-state index in [0.717, 1.165) is 5.56 Å². The maximum absolute atomic E-state index is 14.4. The van der Waals surface area contributed by atoms with Crippen molar-refractivity contribution in [2.75, 3.05) is 22.7 Å². The molecule has 1 atom stereocenters. The highest BCUT2D eigenvalue weighted by molar-refractivity contribution is 8.02. The van der Waals surface area contributed by atoms with Crippen LogP contribution in [0, 0.1) is 5.82 Å². The molecule has 0 aromatic heterocycles. The van der Waals surface area contributed by atoms with Crippen LogP contribution in [0.2, 0.25) is 0 Å². The number of hydrogen-bond acceptors (Lipinski definition) is 4. The highest BCUT2D eigenvalue weighted by Gasteiger charge is 2.61. The van der Waals surface area contributed by atoms with E-state index in [-0.39, 0.29) is 29.9 Å². The average Bonchev–Trinajstić information content (AvgIpc) is 3.26. The van der Waals surface area contributed by atoms with E-state index in [9.17, 15) is 14.0 Å². The van der Waals surface area contributed by atoms with Crippen molar-refractivity contribution in [2.24, 2.45) is 0 Å². The summed E-state index contributed by atoms with van der Waals surface area (Å²) in [6.07, 6.45) is 0. The van der Waals surface area contributed by atoms with Crippen LogP contribution in [-0.4, -0.2) is 24.7 Å². The van der Waals surface area contributed by atoms with Gasteiger partial charge >= 0.3 is 0 Å². The molecule has 1 fully saturated rings. The molecule has 31 heavy (non-hydrogen) atoms. The van der Waals surface area contributed by atoms with Gasteiger partial charge in [0.1, 0.15) is 11.6 Å². The summed E-state index contributed by atoms with van der Waals surface area (Å²) in [4.78, 5) is 28.9. The number of anilines is 2. The number of halogens is 1. The monoisotopic (exact) mass is 434 g/mol. The molecule has 0 saturated carbocycles. The van der Waals surface area contributed by atoms with E-state index in [1.54, 1.807) is 59.4 Å². The Labute approximate surface area is 183 Å². The molecule has 0 radical (unpaired) electrons. The Hall–Kier alpha value is -3.32. The molecule has 2 amide bonds. The molecule has 5 nitrogen and oxygen atoms in total. The van der Waals surface area contributed by atoms with E-state index in [1.165, 1.54) is 17.8 Å². The highest BCUT2D eigenvalue weighted by atomic mass is 32.2. The predicted molar refractivity (Wildman–Crippen MR) is 119 cm³/mol. The number of carbonyl (C=O) groups excluding carboxylic acids is 2. The fourth-order valence-electron chi connectivity index (χ4n) is 4.26. The van der Waals surface area contributed by atoms with Gasteiger partial charge < -0.3 is 9.64 Å². The number of thioether (sulfide) groups is 1. The van der Waals surface area contributed by atoms with Crippen molar-refractivity contribution in [1.29, 1.82) is 0 Å². The van der Waals surface area contributed by atoms with Crippen LogP contribution in [0.4, 0.5) is 15.8 Å². The second-order valence-electron chi connectivity index (χ2n) is 7.36. The minimum absolute atomic E-state index is 0.0883. The summed E-state index contributed by atoms with van der Waals surface area (Å²) in [5.74, 6) is -0.0113. The number of carbonyl (C=O) groups is 2. The van der Waals surface area contributed by atoms with E-state index in [4.69, 9.17) is 4.74 Å². The molecule has 1 spiro atoms. The van der Waals surface area contributed by atoms with Crippen molar-refractivity contribution in [3.05, 3.63) is 89.7 Å². The zero-order chi connectivity index (χ0) is 21.6. The van der Waals surface area contributed by atoms with Crippen molar-refractivity contribution in [3.63, 3.8) is 0 Å². The van der Waals surface area contributed by atoms with E-state index in [1.807, 2.05) is 24.3 Å². The van der Waals surface area contributed by atoms with Gasteiger partial charge in [0.05, 0.1) is 25.1 Å². The van der Waals surface area contributed by atoms with Gasteiger partial charge in [-0.25, -0.2) is 4.39 Å². The largest absolute Gasteiger partial charge is 0.497 e. The van der Waals surface area contributed by atoms with Gasteiger partial charge in [-0.1, -0.05) is 42.5 Å². The minimum atomic E-state index is -1.23. The number of fused-ring (bicyclic) bond motifs is 2. The fourth-order valence-corrected chi connectivity index (χ4v) is 5.62. The Morgan fingerprint density at radius 3 is 2.61 bits per heavy atom. The van der Waals surface area contributed by atoms with Gasteiger partial charge in [-0.2, -0.15) is 0 Å². The van der Waals surface area contributed by atoms with Crippen molar-refractivity contribution >= 4 is 35.0 Å². The lowest BCUT2D eigenvalue weighted by atomic mass is 10.0. The zero-order valence-electron chi connectivity index (χ0n) is 16.7. The van der Waals surface area contributed by atoms with Crippen molar-refractivity contribution in [1.82, 2.24) is 0 Å². The first-order valence-corrected chi connectivity index (χ1v) is 10.8. The summed E-state index contributed by atoms with van der Waals surface area (Å²) in [5, 5.41) is 0. The van der Waals surface area contributed by atoms with Crippen LogP contribution in [0.15, 0.2) is 72.8 Å². The summed E-state index contributed by atoms with van der Waals surface area (Å²) in [6, 6.07) is 21.0. The van der Waals surface area contributed by atoms with Crippen molar-refractivity contribution < 1.29 is 18.7 Å². The van der Waals surface area contributed by atoms with E-state index in [2.05, 4.69) is 0 Å². The maximum atomic E-state index is 14.4. The molecule has 1 saturated heterocycles. The Kier molecular flexibility index (Phi) is 4.70. The van der Waals surface area contributed by atoms with Crippen LogP contribution in [0.25, 0.3) is 0 Å². The molecule has 7 heteroatoms. The highest BCUT2D eigenvalue weighted by Crippen LogP contribution is 2.56. The molecule has 3 aromatic rings. The van der Waals surface area contributed by atoms with Crippen LogP contribution in [0.1, 0.15) is 11.1 Å². The van der Waals surface area contributed by atoms with Gasteiger partial charge in [-0.3, -0.25) is 14.5 Å². The number of ether oxygens (including phenoxy) is 1. The molecule has 0 aliphatic carbocycles. The molecule has 3 aromatic carbocycles. The van der Waals surface area contributed by atoms with E-state index >= 15 is 0 Å². The molecular formula is C24H19FN2O3S. The molecule has 156 valence electrons. The van der Waals surface area contributed by atoms with Crippen molar-refractivity contribution in [2.45, 2.75) is 11.4 Å². The second-order valence-corrected chi connectivity index (χ2v) is 8.53. The zero-order valence-corrected chi connectivity index (χ0v) is 17.6. The van der Waals surface area contributed by atoms with Gasteiger partial charge in [-0.05, 0) is 24.3 Å². The number of hydrogen-bond donors (Lipinski definition) is 0. The lowest BCUT2D eigenvalue weighted by Crippen LogP contribution is -2.49. The van der Waals surface area contributed by atoms with Crippen LogP contribution in [-0.2, 0) is 21.0 Å². The van der Waals surface area contributed by atoms with E-state index in [0.29, 0.717) is 22.7 Å².